The molecule has 0 aliphatic heterocycles. The van der Waals surface area contributed by atoms with Crippen molar-refractivity contribution in [3.8, 4) is 0 Å². The van der Waals surface area contributed by atoms with Crippen LogP contribution in [0.15, 0.2) is 0 Å². The molecule has 88 valence electrons. The molecule has 0 heterocycles. The Morgan fingerprint density at radius 3 is 2.47 bits per heavy atom. The van der Waals surface area contributed by atoms with Crippen LogP contribution in [0.3, 0.4) is 0 Å². The summed E-state index contributed by atoms with van der Waals surface area (Å²) in [6.45, 7) is 7.73. The number of hydrogen-bond donors (Lipinski definition) is 0. The van der Waals surface area contributed by atoms with Crippen molar-refractivity contribution in [3.63, 3.8) is 0 Å². The van der Waals surface area contributed by atoms with Gasteiger partial charge in [-0.3, -0.25) is 4.79 Å². The van der Waals surface area contributed by atoms with Crippen LogP contribution in [-0.2, 0) is 9.53 Å². The first kappa shape index (κ1) is 12.5. The average Bonchev–Trinajstić information content (AvgIpc) is 2.84. The van der Waals surface area contributed by atoms with Crippen molar-refractivity contribution in [3.05, 3.63) is 0 Å². The van der Waals surface area contributed by atoms with E-state index in [1.54, 1.807) is 0 Å². The van der Waals surface area contributed by atoms with E-state index in [-0.39, 0.29) is 17.5 Å². The Bertz CT molecular complexity index is 211. The van der Waals surface area contributed by atoms with E-state index in [0.29, 0.717) is 0 Å². The smallest absolute Gasteiger partial charge is 0.309 e. The lowest BCUT2D eigenvalue weighted by atomic mass is 10.0. The van der Waals surface area contributed by atoms with Crippen LogP contribution in [0.25, 0.3) is 0 Å². The van der Waals surface area contributed by atoms with Crippen LogP contribution in [0.1, 0.15) is 59.8 Å². The molecule has 1 aliphatic rings. The van der Waals surface area contributed by atoms with Crippen molar-refractivity contribution in [1.29, 1.82) is 0 Å². The number of carbonyl (C=O) groups excluding carboxylic acids is 1. The minimum Gasteiger partial charge on any atom is -0.460 e. The summed E-state index contributed by atoms with van der Waals surface area (Å²) in [7, 11) is 0. The van der Waals surface area contributed by atoms with Gasteiger partial charge < -0.3 is 4.74 Å². The molecule has 0 amide bonds. The molecule has 1 saturated carbocycles. The van der Waals surface area contributed by atoms with Crippen molar-refractivity contribution < 1.29 is 9.53 Å². The lowest BCUT2D eigenvalue weighted by Crippen LogP contribution is -2.27. The van der Waals surface area contributed by atoms with E-state index in [1.807, 2.05) is 27.7 Å². The third-order valence-corrected chi connectivity index (χ3v) is 2.76. The molecule has 0 aromatic rings. The lowest BCUT2D eigenvalue weighted by Gasteiger charge is -2.22. The fraction of sp³-hybridized carbons (Fsp3) is 0.923. The highest BCUT2D eigenvalue weighted by Crippen LogP contribution is 2.34. The average molecular weight is 212 g/mol. The van der Waals surface area contributed by atoms with E-state index in [9.17, 15) is 4.79 Å². The van der Waals surface area contributed by atoms with Crippen molar-refractivity contribution in [2.45, 2.75) is 65.4 Å². The molecule has 0 aromatic heterocycles. The van der Waals surface area contributed by atoms with E-state index in [0.717, 1.165) is 12.3 Å². The zero-order valence-corrected chi connectivity index (χ0v) is 10.5. The van der Waals surface area contributed by atoms with Crippen molar-refractivity contribution in [2.75, 3.05) is 0 Å². The van der Waals surface area contributed by atoms with Gasteiger partial charge in [-0.2, -0.15) is 0 Å². The van der Waals surface area contributed by atoms with Crippen molar-refractivity contribution in [1.82, 2.24) is 0 Å². The van der Waals surface area contributed by atoms with Gasteiger partial charge in [0.1, 0.15) is 5.60 Å². The minimum absolute atomic E-state index is 0.0432. The Balaban J connectivity index is 2.13. The highest BCUT2D eigenvalue weighted by Gasteiger charge is 2.24. The third-order valence-electron chi connectivity index (χ3n) is 2.76. The van der Waals surface area contributed by atoms with Gasteiger partial charge in [-0.1, -0.05) is 32.6 Å². The second-order valence-corrected chi connectivity index (χ2v) is 5.81. The maximum atomic E-state index is 11.6. The maximum Gasteiger partial charge on any atom is 0.309 e. The Kier molecular flexibility index (Phi) is 4.18. The quantitative estimate of drug-likeness (QED) is 0.651. The topological polar surface area (TPSA) is 26.3 Å². The molecule has 15 heavy (non-hydrogen) atoms. The minimum atomic E-state index is -0.345. The summed E-state index contributed by atoms with van der Waals surface area (Å²) >= 11 is 0. The zero-order valence-electron chi connectivity index (χ0n) is 10.5. The van der Waals surface area contributed by atoms with Crippen LogP contribution >= 0.6 is 0 Å². The summed E-state index contributed by atoms with van der Waals surface area (Å²) in [5, 5.41) is 0. The SMILES string of the molecule is CC(CCCC1CC1)C(=O)OC(C)(C)C. The van der Waals surface area contributed by atoms with Crippen LogP contribution in [0.5, 0.6) is 0 Å². The molecule has 1 rings (SSSR count). The number of ether oxygens (including phenoxy) is 1. The largest absolute Gasteiger partial charge is 0.460 e. The molecule has 1 unspecified atom stereocenters. The summed E-state index contributed by atoms with van der Waals surface area (Å²) in [5.41, 5.74) is -0.345. The van der Waals surface area contributed by atoms with Crippen LogP contribution in [0, 0.1) is 11.8 Å². The molecule has 0 radical (unpaired) electrons. The fourth-order valence-electron chi connectivity index (χ4n) is 1.64. The molecule has 0 saturated heterocycles. The molecule has 0 aromatic carbocycles. The number of carbonyl (C=O) groups is 1. The first-order valence-corrected chi connectivity index (χ1v) is 6.11. The van der Waals surface area contributed by atoms with Gasteiger partial charge in [0.15, 0.2) is 0 Å². The third kappa shape index (κ3) is 5.81. The predicted octanol–water partition coefficient (Wildman–Crippen LogP) is 3.54. The molecular formula is C13H24O2. The number of esters is 1. The van der Waals surface area contributed by atoms with Gasteiger partial charge in [0.25, 0.3) is 0 Å². The fourth-order valence-corrected chi connectivity index (χ4v) is 1.64. The second kappa shape index (κ2) is 5.00. The van der Waals surface area contributed by atoms with Gasteiger partial charge in [-0.15, -0.1) is 0 Å². The number of hydrogen-bond acceptors (Lipinski definition) is 2. The monoisotopic (exact) mass is 212 g/mol. The first-order chi connectivity index (χ1) is 6.88. The lowest BCUT2D eigenvalue weighted by molar-refractivity contribution is -0.159. The Labute approximate surface area is 93.4 Å². The predicted molar refractivity (Wildman–Crippen MR) is 61.6 cm³/mol. The van der Waals surface area contributed by atoms with Crippen molar-refractivity contribution >= 4 is 5.97 Å². The summed E-state index contributed by atoms with van der Waals surface area (Å²) in [4.78, 5) is 11.6. The molecular weight excluding hydrogens is 188 g/mol. The van der Waals surface area contributed by atoms with Gasteiger partial charge in [-0.05, 0) is 33.1 Å². The molecule has 2 nitrogen and oxygen atoms in total. The highest BCUT2D eigenvalue weighted by molar-refractivity contribution is 5.72. The summed E-state index contributed by atoms with van der Waals surface area (Å²) in [6, 6.07) is 0. The first-order valence-electron chi connectivity index (χ1n) is 6.11. The van der Waals surface area contributed by atoms with Crippen LogP contribution in [-0.4, -0.2) is 11.6 Å². The van der Waals surface area contributed by atoms with Crippen molar-refractivity contribution in [2.24, 2.45) is 11.8 Å². The molecule has 0 N–H and O–H groups in total. The van der Waals surface area contributed by atoms with E-state index in [4.69, 9.17) is 4.74 Å². The second-order valence-electron chi connectivity index (χ2n) is 5.81. The molecule has 1 atom stereocenters. The van der Waals surface area contributed by atoms with Gasteiger partial charge in [0, 0.05) is 0 Å². The molecule has 0 spiro atoms. The van der Waals surface area contributed by atoms with Crippen LogP contribution < -0.4 is 0 Å². The maximum absolute atomic E-state index is 11.6. The molecule has 2 heteroatoms. The Morgan fingerprint density at radius 1 is 1.40 bits per heavy atom. The van der Waals surface area contributed by atoms with E-state index in [2.05, 4.69) is 0 Å². The van der Waals surface area contributed by atoms with Gasteiger partial charge in [0.05, 0.1) is 5.92 Å². The molecule has 0 bridgehead atoms. The summed E-state index contributed by atoms with van der Waals surface area (Å²) < 4.78 is 5.33. The van der Waals surface area contributed by atoms with Gasteiger partial charge in [0.2, 0.25) is 0 Å². The Morgan fingerprint density at radius 2 is 2.00 bits per heavy atom. The van der Waals surface area contributed by atoms with E-state index in [1.165, 1.54) is 25.7 Å². The zero-order chi connectivity index (χ0) is 11.5. The molecule has 1 fully saturated rings. The van der Waals surface area contributed by atoms with Gasteiger partial charge >= 0.3 is 5.97 Å². The number of rotatable bonds is 5. The summed E-state index contributed by atoms with van der Waals surface area (Å²) in [6.07, 6.45) is 6.26. The van der Waals surface area contributed by atoms with Crippen LogP contribution in [0.4, 0.5) is 0 Å². The van der Waals surface area contributed by atoms with Crippen LogP contribution in [0.2, 0.25) is 0 Å². The Hall–Kier alpha value is -0.530. The van der Waals surface area contributed by atoms with E-state index >= 15 is 0 Å². The highest BCUT2D eigenvalue weighted by atomic mass is 16.6. The standard InChI is InChI=1S/C13H24O2/c1-10(6-5-7-11-8-9-11)12(14)15-13(2,3)4/h10-11H,5-9H2,1-4H3. The summed E-state index contributed by atoms with van der Waals surface area (Å²) in [5.74, 6) is 0.983. The van der Waals surface area contributed by atoms with Gasteiger partial charge in [-0.25, -0.2) is 0 Å². The normalized spacial score (nSPS) is 18.7. The molecule has 1 aliphatic carbocycles. The van der Waals surface area contributed by atoms with E-state index < -0.39 is 0 Å².